The van der Waals surface area contributed by atoms with Gasteiger partial charge in [0.05, 0.1) is 11.4 Å². The van der Waals surface area contributed by atoms with E-state index in [1.165, 1.54) is 5.39 Å². The third-order valence-electron chi connectivity index (χ3n) is 19.5. The highest BCUT2D eigenvalue weighted by Crippen LogP contribution is 2.49. The zero-order valence-electron chi connectivity index (χ0n) is 54.6. The first kappa shape index (κ1) is 58.2. The summed E-state index contributed by atoms with van der Waals surface area (Å²) >= 11 is 0. The molecule has 0 saturated carbocycles. The minimum atomic E-state index is 0.631. The first-order valence-corrected chi connectivity index (χ1v) is 34.1. The number of benzene rings is 15. The average Bonchev–Trinajstić information content (AvgIpc) is 1.56. The van der Waals surface area contributed by atoms with E-state index in [-0.39, 0.29) is 0 Å². The molecule has 21 aromatic rings. The van der Waals surface area contributed by atoms with Gasteiger partial charge in [-0.3, -0.25) is 0 Å². The van der Waals surface area contributed by atoms with Gasteiger partial charge in [-0.1, -0.05) is 237 Å². The lowest BCUT2D eigenvalue weighted by Crippen LogP contribution is -2.09. The van der Waals surface area contributed by atoms with Crippen LogP contribution in [0.1, 0.15) is 0 Å². The van der Waals surface area contributed by atoms with Crippen LogP contribution in [0.25, 0.3) is 166 Å². The van der Waals surface area contributed by atoms with Crippen molar-refractivity contribution in [1.29, 1.82) is 0 Å². The van der Waals surface area contributed by atoms with Crippen molar-refractivity contribution in [2.45, 2.75) is 0 Å². The summed E-state index contributed by atoms with van der Waals surface area (Å²) in [6, 6.07) is 117. The second kappa shape index (κ2) is 23.9. The molecule has 6 heterocycles. The normalized spacial score (nSPS) is 11.7. The molecule has 21 rings (SSSR count). The number of furan rings is 4. The van der Waals surface area contributed by atoms with Crippen LogP contribution in [0.3, 0.4) is 0 Å². The fraction of sp³-hybridized carbons (Fsp3) is 0. The fourth-order valence-corrected chi connectivity index (χ4v) is 14.8. The minimum Gasteiger partial charge on any atom is -0.453 e. The lowest BCUT2D eigenvalue weighted by Gasteiger charge is -2.25. The molecule has 0 fully saturated rings. The minimum absolute atomic E-state index is 0.631. The molecule has 478 valence electrons. The Labute approximate surface area is 583 Å². The van der Waals surface area contributed by atoms with Crippen LogP contribution in [0.4, 0.5) is 34.1 Å². The second-order valence-corrected chi connectivity index (χ2v) is 25.5. The molecule has 10 nitrogen and oxygen atoms in total. The van der Waals surface area contributed by atoms with Gasteiger partial charge >= 0.3 is 0 Å². The molecule has 0 aliphatic rings. The largest absolute Gasteiger partial charge is 0.453 e. The molecule has 0 unspecified atom stereocenters. The molecule has 0 aliphatic carbocycles. The van der Waals surface area contributed by atoms with Crippen LogP contribution in [0.5, 0.6) is 0 Å². The molecule has 0 N–H and O–H groups in total. The predicted molar refractivity (Wildman–Crippen MR) is 417 cm³/mol. The number of fused-ring (bicyclic) bond motifs is 17. The van der Waals surface area contributed by atoms with Crippen LogP contribution >= 0.6 is 0 Å². The number of anilines is 6. The van der Waals surface area contributed by atoms with Gasteiger partial charge in [-0.25, -0.2) is 19.9 Å². The molecular formula is C92H56N6O4. The Kier molecular flexibility index (Phi) is 13.7. The maximum absolute atomic E-state index is 6.96. The molecule has 102 heavy (non-hydrogen) atoms. The standard InChI is InChI=1S/C48H29N3O2.C44H27N3O2/c1-3-16-33(17-4-1)51(34-18-5-2-6-19-34)41-24-13-23-37-39-29-40(35-20-9-10-21-36(35)45(39)53-46(37)41)48-49-43(32-27-26-30-14-7-8-15-31(30)28-32)47-44(50-48)38-22-11-12-25-42(38)52-47;1-4-15-28(16-5-1)39-43-40(34-23-12-13-26-38(34)48-43)46-44(45-39)36-27-35-33-24-14-25-37(42(33)49-41(35)32-22-11-10-21-31(32)36)47(29-17-6-2-7-18-29)30-19-8-3-9-20-30/h1-29H;1-27H. The van der Waals surface area contributed by atoms with Crippen molar-refractivity contribution in [1.82, 2.24) is 19.9 Å². The van der Waals surface area contributed by atoms with Crippen molar-refractivity contribution in [2.24, 2.45) is 0 Å². The van der Waals surface area contributed by atoms with E-state index in [2.05, 4.69) is 271 Å². The van der Waals surface area contributed by atoms with Gasteiger partial charge in [0.25, 0.3) is 0 Å². The lowest BCUT2D eigenvalue weighted by molar-refractivity contribution is 0.667. The summed E-state index contributed by atoms with van der Waals surface area (Å²) in [4.78, 5) is 25.6. The maximum atomic E-state index is 6.96. The highest BCUT2D eigenvalue weighted by molar-refractivity contribution is 6.23. The molecule has 0 saturated heterocycles. The average molecular weight is 1310 g/mol. The van der Waals surface area contributed by atoms with Crippen molar-refractivity contribution >= 4 is 154 Å². The summed E-state index contributed by atoms with van der Waals surface area (Å²) in [5, 5.41) is 12.3. The van der Waals surface area contributed by atoms with Crippen molar-refractivity contribution in [3.8, 4) is 45.3 Å². The van der Waals surface area contributed by atoms with Crippen molar-refractivity contribution in [3.05, 3.63) is 340 Å². The van der Waals surface area contributed by atoms with Crippen molar-refractivity contribution in [3.63, 3.8) is 0 Å². The number of aromatic nitrogens is 4. The lowest BCUT2D eigenvalue weighted by atomic mass is 9.99. The van der Waals surface area contributed by atoms with Crippen LogP contribution in [-0.4, -0.2) is 19.9 Å². The topological polar surface area (TPSA) is 111 Å². The number of hydrogen-bond acceptors (Lipinski definition) is 10. The Morgan fingerprint density at radius 1 is 0.216 bits per heavy atom. The van der Waals surface area contributed by atoms with E-state index in [1.807, 2.05) is 78.9 Å². The Morgan fingerprint density at radius 2 is 0.569 bits per heavy atom. The summed E-state index contributed by atoms with van der Waals surface area (Å²) in [5.74, 6) is 1.27. The van der Waals surface area contributed by atoms with Gasteiger partial charge in [-0.2, -0.15) is 0 Å². The van der Waals surface area contributed by atoms with Crippen LogP contribution in [0.2, 0.25) is 0 Å². The summed E-state index contributed by atoms with van der Waals surface area (Å²) in [5.41, 5.74) is 19.3. The third-order valence-corrected chi connectivity index (χ3v) is 19.5. The zero-order chi connectivity index (χ0) is 67.2. The number of rotatable bonds is 10. The molecule has 6 aromatic heterocycles. The molecule has 0 amide bonds. The summed E-state index contributed by atoms with van der Waals surface area (Å²) < 4.78 is 26.8. The quantitative estimate of drug-likeness (QED) is 0.131. The highest BCUT2D eigenvalue weighted by Gasteiger charge is 2.27. The van der Waals surface area contributed by atoms with E-state index < -0.39 is 0 Å². The Bertz CT molecular complexity index is 6750. The predicted octanol–water partition coefficient (Wildman–Crippen LogP) is 25.6. The van der Waals surface area contributed by atoms with E-state index >= 15 is 0 Å². The Balaban J connectivity index is 0.000000137. The van der Waals surface area contributed by atoms with Crippen LogP contribution in [0, 0.1) is 0 Å². The fourth-order valence-electron chi connectivity index (χ4n) is 14.8. The molecule has 10 heteroatoms. The van der Waals surface area contributed by atoms with Crippen LogP contribution < -0.4 is 9.80 Å². The van der Waals surface area contributed by atoms with Gasteiger partial charge in [0.2, 0.25) is 0 Å². The first-order valence-electron chi connectivity index (χ1n) is 34.1. The van der Waals surface area contributed by atoms with E-state index in [9.17, 15) is 0 Å². The van der Waals surface area contributed by atoms with Gasteiger partial charge in [-0.15, -0.1) is 0 Å². The molecule has 0 bridgehead atoms. The van der Waals surface area contributed by atoms with E-state index in [0.29, 0.717) is 22.8 Å². The number of hydrogen-bond donors (Lipinski definition) is 0. The number of nitrogens with zero attached hydrogens (tertiary/aromatic N) is 6. The van der Waals surface area contributed by atoms with E-state index in [4.69, 9.17) is 37.6 Å². The third kappa shape index (κ3) is 9.64. The van der Waals surface area contributed by atoms with Gasteiger partial charge in [-0.05, 0) is 125 Å². The maximum Gasteiger partial charge on any atom is 0.180 e. The van der Waals surface area contributed by atoms with Gasteiger partial charge in [0, 0.05) is 88.1 Å². The Morgan fingerprint density at radius 3 is 1.02 bits per heavy atom. The van der Waals surface area contributed by atoms with Crippen molar-refractivity contribution < 1.29 is 17.7 Å². The smallest absolute Gasteiger partial charge is 0.180 e. The van der Waals surface area contributed by atoms with E-state index in [0.717, 1.165) is 172 Å². The molecule has 0 spiro atoms. The van der Waals surface area contributed by atoms with Crippen molar-refractivity contribution in [2.75, 3.05) is 9.80 Å². The SMILES string of the molecule is c1ccc(-c2nc(-c3cc4c5cccc(N(c6ccccc6)c6ccccc6)c5oc4c4ccccc34)nc3c2oc2ccccc23)cc1.c1ccc(N(c2ccccc2)c2cccc3c2oc2c4ccccc4c(-c4nc(-c5ccc6ccccc6c5)c5oc6ccccc6c5n4)cc32)cc1. The molecule has 15 aromatic carbocycles. The summed E-state index contributed by atoms with van der Waals surface area (Å²) in [6.45, 7) is 0. The summed E-state index contributed by atoms with van der Waals surface area (Å²) in [7, 11) is 0. The molecular weight excluding hydrogens is 1250 g/mol. The first-order chi connectivity index (χ1) is 50.6. The summed E-state index contributed by atoms with van der Waals surface area (Å²) in [6.07, 6.45) is 0. The van der Waals surface area contributed by atoms with Gasteiger partial charge in [0.1, 0.15) is 44.8 Å². The second-order valence-electron chi connectivity index (χ2n) is 25.5. The van der Waals surface area contributed by atoms with Crippen LogP contribution in [0.15, 0.2) is 357 Å². The zero-order valence-corrected chi connectivity index (χ0v) is 54.6. The molecule has 0 aliphatic heterocycles. The monoisotopic (exact) mass is 1310 g/mol. The van der Waals surface area contributed by atoms with E-state index in [1.54, 1.807) is 0 Å². The highest BCUT2D eigenvalue weighted by atomic mass is 16.3. The number of para-hydroxylation sites is 8. The Hall–Kier alpha value is -14.0. The van der Waals surface area contributed by atoms with Gasteiger partial charge in [0.15, 0.2) is 34.0 Å². The molecule has 0 radical (unpaired) electrons. The van der Waals surface area contributed by atoms with Gasteiger partial charge < -0.3 is 27.5 Å². The van der Waals surface area contributed by atoms with Crippen LogP contribution in [-0.2, 0) is 0 Å². The molecule has 0 atom stereocenters.